The molecule has 0 aliphatic carbocycles. The van der Waals surface area contributed by atoms with E-state index in [1.54, 1.807) is 11.7 Å². The maximum Gasteiger partial charge on any atom is 0.257 e. The monoisotopic (exact) mass is 425 g/mol. The third-order valence-electron chi connectivity index (χ3n) is 5.13. The van der Waals surface area contributed by atoms with Gasteiger partial charge in [-0.15, -0.1) is 0 Å². The Morgan fingerprint density at radius 1 is 1.13 bits per heavy atom. The molecule has 0 unspecified atom stereocenters. The first-order chi connectivity index (χ1) is 14.7. The lowest BCUT2D eigenvalue weighted by Gasteiger charge is -2.18. The molecule has 0 radical (unpaired) electrons. The molecule has 0 fully saturated rings. The van der Waals surface area contributed by atoms with Crippen LogP contribution in [0, 0.1) is 19.7 Å². The number of halogens is 1. The summed E-state index contributed by atoms with van der Waals surface area (Å²) < 4.78 is 16.0. The van der Waals surface area contributed by atoms with E-state index in [0.29, 0.717) is 12.2 Å². The molecule has 162 valence electrons. The van der Waals surface area contributed by atoms with Crippen molar-refractivity contribution >= 4 is 17.5 Å². The Morgan fingerprint density at radius 2 is 1.81 bits per heavy atom. The molecule has 2 aromatic heterocycles. The van der Waals surface area contributed by atoms with Gasteiger partial charge in [0.25, 0.3) is 11.5 Å². The topological polar surface area (TPSA) is 89.2 Å². The highest BCUT2D eigenvalue weighted by Crippen LogP contribution is 2.14. The second kappa shape index (κ2) is 8.95. The fraction of sp³-hybridized carbons (Fsp3) is 0.273. The van der Waals surface area contributed by atoms with Crippen LogP contribution in [0.1, 0.15) is 27.3 Å². The van der Waals surface area contributed by atoms with Crippen molar-refractivity contribution in [3.8, 4) is 0 Å². The highest BCUT2D eigenvalue weighted by atomic mass is 19.1. The average Bonchev–Trinajstić information content (AvgIpc) is 2.97. The number of pyridine rings is 1. The number of hydrogen-bond donors (Lipinski definition) is 1. The summed E-state index contributed by atoms with van der Waals surface area (Å²) in [6, 6.07) is 7.96. The minimum Gasteiger partial charge on any atom is -0.340 e. The first-order valence-corrected chi connectivity index (χ1v) is 9.66. The van der Waals surface area contributed by atoms with Crippen molar-refractivity contribution in [2.75, 3.05) is 12.4 Å². The third-order valence-corrected chi connectivity index (χ3v) is 5.13. The van der Waals surface area contributed by atoms with E-state index in [9.17, 15) is 18.8 Å². The van der Waals surface area contributed by atoms with E-state index in [4.69, 9.17) is 0 Å². The highest BCUT2D eigenvalue weighted by Gasteiger charge is 2.17. The number of nitrogens with zero attached hydrogens (tertiary/aromatic N) is 4. The van der Waals surface area contributed by atoms with Gasteiger partial charge in [-0.25, -0.2) is 4.39 Å². The van der Waals surface area contributed by atoms with Gasteiger partial charge in [-0.2, -0.15) is 5.10 Å². The molecule has 0 bridgehead atoms. The number of aromatic nitrogens is 3. The second-order valence-corrected chi connectivity index (χ2v) is 7.37. The molecular weight excluding hydrogens is 401 g/mol. The van der Waals surface area contributed by atoms with Gasteiger partial charge in [0.05, 0.1) is 11.3 Å². The summed E-state index contributed by atoms with van der Waals surface area (Å²) in [4.78, 5) is 38.9. The van der Waals surface area contributed by atoms with Gasteiger partial charge in [0.2, 0.25) is 5.91 Å². The number of aryl methyl sites for hydroxylation is 2. The van der Waals surface area contributed by atoms with Gasteiger partial charge < -0.3 is 14.8 Å². The zero-order chi connectivity index (χ0) is 22.7. The molecule has 0 atom stereocenters. The lowest BCUT2D eigenvalue weighted by molar-refractivity contribution is -0.131. The van der Waals surface area contributed by atoms with Crippen LogP contribution < -0.4 is 10.9 Å². The molecule has 1 N–H and O–H groups in total. The van der Waals surface area contributed by atoms with Crippen molar-refractivity contribution in [3.05, 3.63) is 81.3 Å². The number of rotatable bonds is 6. The standard InChI is InChI=1S/C22H24FN5O3/c1-14-19(15(2)27(4)25-14)12-26(3)21(30)13-28-11-16(5-10-20(28)29)22(31)24-18-8-6-17(23)7-9-18/h5-11H,12-13H2,1-4H3,(H,24,31). The summed E-state index contributed by atoms with van der Waals surface area (Å²) in [5, 5.41) is 6.98. The largest absolute Gasteiger partial charge is 0.340 e. The molecule has 9 heteroatoms. The van der Waals surface area contributed by atoms with Crippen LogP contribution in [0.3, 0.4) is 0 Å². The molecule has 0 saturated carbocycles. The summed E-state index contributed by atoms with van der Waals surface area (Å²) >= 11 is 0. The number of nitrogens with one attached hydrogen (secondary N) is 1. The molecule has 0 aliphatic rings. The minimum absolute atomic E-state index is 0.203. The summed E-state index contributed by atoms with van der Waals surface area (Å²) in [5.41, 5.74) is 3.00. The average molecular weight is 425 g/mol. The van der Waals surface area contributed by atoms with E-state index < -0.39 is 17.3 Å². The van der Waals surface area contributed by atoms with Gasteiger partial charge in [-0.05, 0) is 44.2 Å². The Bertz CT molecular complexity index is 1180. The number of amides is 2. The Hall–Kier alpha value is -3.75. The first kappa shape index (κ1) is 21.9. The van der Waals surface area contributed by atoms with Crippen molar-refractivity contribution < 1.29 is 14.0 Å². The number of hydrogen-bond acceptors (Lipinski definition) is 4. The maximum absolute atomic E-state index is 13.0. The Morgan fingerprint density at radius 3 is 2.42 bits per heavy atom. The van der Waals surface area contributed by atoms with Gasteiger partial charge in [-0.1, -0.05) is 0 Å². The number of benzene rings is 1. The van der Waals surface area contributed by atoms with Crippen molar-refractivity contribution in [2.45, 2.75) is 26.9 Å². The number of carbonyl (C=O) groups is 2. The van der Waals surface area contributed by atoms with E-state index in [2.05, 4.69) is 10.4 Å². The van der Waals surface area contributed by atoms with Crippen molar-refractivity contribution in [1.29, 1.82) is 0 Å². The summed E-state index contributed by atoms with van der Waals surface area (Å²) in [6.45, 7) is 3.98. The fourth-order valence-corrected chi connectivity index (χ4v) is 3.16. The van der Waals surface area contributed by atoms with Crippen LogP contribution in [-0.4, -0.2) is 38.1 Å². The molecule has 8 nitrogen and oxygen atoms in total. The molecule has 3 aromatic rings. The SMILES string of the molecule is Cc1nn(C)c(C)c1CN(C)C(=O)Cn1cc(C(=O)Nc2ccc(F)cc2)ccc1=O. The molecule has 3 rings (SSSR count). The van der Waals surface area contributed by atoms with Crippen molar-refractivity contribution in [2.24, 2.45) is 7.05 Å². The quantitative estimate of drug-likeness (QED) is 0.656. The minimum atomic E-state index is -0.470. The predicted octanol–water partition coefficient (Wildman–Crippen LogP) is 2.25. The Labute approximate surface area is 178 Å². The van der Waals surface area contributed by atoms with Crippen LogP contribution in [0.2, 0.25) is 0 Å². The van der Waals surface area contributed by atoms with E-state index in [-0.39, 0.29) is 18.0 Å². The highest BCUT2D eigenvalue weighted by molar-refractivity contribution is 6.04. The van der Waals surface area contributed by atoms with Crippen LogP contribution in [0.4, 0.5) is 10.1 Å². The molecule has 2 amide bonds. The van der Waals surface area contributed by atoms with Gasteiger partial charge in [0.1, 0.15) is 12.4 Å². The summed E-state index contributed by atoms with van der Waals surface area (Å²) in [6.07, 6.45) is 1.34. The summed E-state index contributed by atoms with van der Waals surface area (Å²) in [7, 11) is 3.50. The molecule has 31 heavy (non-hydrogen) atoms. The van der Waals surface area contributed by atoms with Gasteiger partial charge in [-0.3, -0.25) is 19.1 Å². The van der Waals surface area contributed by atoms with E-state index >= 15 is 0 Å². The number of likely N-dealkylation sites (N-methyl/N-ethyl adjacent to an activating group) is 1. The molecular formula is C22H24FN5O3. The van der Waals surface area contributed by atoms with Crippen molar-refractivity contribution in [3.63, 3.8) is 0 Å². The number of carbonyl (C=O) groups excluding carboxylic acids is 2. The van der Waals surface area contributed by atoms with E-state index in [0.717, 1.165) is 17.0 Å². The van der Waals surface area contributed by atoms with Gasteiger partial charge in [0, 0.05) is 49.8 Å². The van der Waals surface area contributed by atoms with Crippen LogP contribution in [0.15, 0.2) is 47.4 Å². The van der Waals surface area contributed by atoms with Gasteiger partial charge >= 0.3 is 0 Å². The van der Waals surface area contributed by atoms with Crippen LogP contribution in [0.5, 0.6) is 0 Å². The first-order valence-electron chi connectivity index (χ1n) is 9.66. The van der Waals surface area contributed by atoms with Crippen LogP contribution >= 0.6 is 0 Å². The molecule has 0 aliphatic heterocycles. The Balaban J connectivity index is 1.72. The predicted molar refractivity (Wildman–Crippen MR) is 114 cm³/mol. The Kier molecular flexibility index (Phi) is 6.33. The summed E-state index contributed by atoms with van der Waals surface area (Å²) in [5.74, 6) is -1.16. The smallest absolute Gasteiger partial charge is 0.257 e. The maximum atomic E-state index is 13.0. The molecule has 1 aromatic carbocycles. The normalized spacial score (nSPS) is 10.7. The second-order valence-electron chi connectivity index (χ2n) is 7.37. The molecule has 2 heterocycles. The van der Waals surface area contributed by atoms with Crippen LogP contribution in [-0.2, 0) is 24.9 Å². The van der Waals surface area contributed by atoms with E-state index in [1.165, 1.54) is 52.1 Å². The van der Waals surface area contributed by atoms with E-state index in [1.807, 2.05) is 20.9 Å². The lowest BCUT2D eigenvalue weighted by atomic mass is 10.2. The lowest BCUT2D eigenvalue weighted by Crippen LogP contribution is -2.34. The zero-order valence-corrected chi connectivity index (χ0v) is 17.8. The fourth-order valence-electron chi connectivity index (χ4n) is 3.16. The van der Waals surface area contributed by atoms with Gasteiger partial charge in [0.15, 0.2) is 0 Å². The zero-order valence-electron chi connectivity index (χ0n) is 17.8. The van der Waals surface area contributed by atoms with Crippen molar-refractivity contribution in [1.82, 2.24) is 19.2 Å². The number of anilines is 1. The third kappa shape index (κ3) is 5.06. The molecule has 0 spiro atoms. The van der Waals surface area contributed by atoms with Crippen LogP contribution in [0.25, 0.3) is 0 Å². The molecule has 0 saturated heterocycles.